The predicted molar refractivity (Wildman–Crippen MR) is 106 cm³/mol. The molecule has 24 heavy (non-hydrogen) atoms. The number of carbonyl (C=O) groups excluding carboxylic acids is 1. The minimum Gasteiger partial charge on any atom is -0.322 e. The molecular formula is C20H32N2OP+. The van der Waals surface area contributed by atoms with Crippen molar-refractivity contribution in [2.75, 3.05) is 23.8 Å². The van der Waals surface area contributed by atoms with Gasteiger partial charge in [0.15, 0.2) is 0 Å². The molecule has 1 N–H and O–H groups in total. The molecule has 0 spiro atoms. The van der Waals surface area contributed by atoms with Gasteiger partial charge in [0.05, 0.1) is 30.1 Å². The van der Waals surface area contributed by atoms with E-state index >= 15 is 0 Å². The van der Waals surface area contributed by atoms with E-state index in [1.807, 2.05) is 26.0 Å². The Morgan fingerprint density at radius 1 is 1.12 bits per heavy atom. The number of rotatable bonds is 7. The number of nitrogens with one attached hydrogen (secondary N) is 1. The second kappa shape index (κ2) is 8.63. The number of hydrogen-bond donors (Lipinski definition) is 1. The summed E-state index contributed by atoms with van der Waals surface area (Å²) in [4.78, 5) is 13.2. The van der Waals surface area contributed by atoms with Crippen LogP contribution in [0.3, 0.4) is 0 Å². The molecule has 0 aromatic heterocycles. The first kappa shape index (κ1) is 20.7. The molecule has 0 aliphatic heterocycles. The molecule has 0 bridgehead atoms. The molecule has 132 valence electrons. The minimum absolute atomic E-state index is 0.0898. The van der Waals surface area contributed by atoms with E-state index in [0.29, 0.717) is 11.5 Å². The summed E-state index contributed by atoms with van der Waals surface area (Å²) >= 11 is 0. The molecule has 0 saturated carbocycles. The van der Waals surface area contributed by atoms with Crippen molar-refractivity contribution in [1.82, 2.24) is 0 Å². The molecule has 4 heteroatoms. The number of nitrogens with zero attached hydrogens (tertiary/aromatic N) is 1. The van der Waals surface area contributed by atoms with Crippen LogP contribution in [0.2, 0.25) is 0 Å². The van der Waals surface area contributed by atoms with Gasteiger partial charge in [-0.1, -0.05) is 13.8 Å². The maximum Gasteiger partial charge on any atom is 0.265 e. The van der Waals surface area contributed by atoms with Crippen molar-refractivity contribution in [1.29, 1.82) is 5.26 Å². The fraction of sp³-hybridized carbons (Fsp3) is 0.600. The standard InChI is InChI=1S/C20H31N2OP/c1-8-24(9-2,10-3)19(14(4)5)20(23)22-18-15(6)11-17(13-21)12-16(18)7/h11-12,14,19H,8-10H2,1-7H3/p+1. The van der Waals surface area contributed by atoms with Gasteiger partial charge in [-0.3, -0.25) is 4.79 Å². The fourth-order valence-electron chi connectivity index (χ4n) is 3.87. The Hall–Kier alpha value is -1.39. The average Bonchev–Trinajstić information content (AvgIpc) is 2.55. The van der Waals surface area contributed by atoms with Gasteiger partial charge in [0.25, 0.3) is 5.91 Å². The van der Waals surface area contributed by atoms with Gasteiger partial charge < -0.3 is 5.32 Å². The van der Waals surface area contributed by atoms with E-state index in [1.54, 1.807) is 0 Å². The highest BCUT2D eigenvalue weighted by molar-refractivity contribution is 7.77. The lowest BCUT2D eigenvalue weighted by Gasteiger charge is -2.34. The van der Waals surface area contributed by atoms with Gasteiger partial charge in [0, 0.05) is 12.9 Å². The fourth-order valence-corrected chi connectivity index (χ4v) is 8.22. The third-order valence-electron chi connectivity index (χ3n) is 5.29. The van der Waals surface area contributed by atoms with Crippen molar-refractivity contribution in [3.05, 3.63) is 28.8 Å². The summed E-state index contributed by atoms with van der Waals surface area (Å²) in [6.07, 6.45) is 3.34. The van der Waals surface area contributed by atoms with Crippen LogP contribution in [0.25, 0.3) is 0 Å². The lowest BCUT2D eigenvalue weighted by atomic mass is 10.0. The Morgan fingerprint density at radius 3 is 1.92 bits per heavy atom. The number of amides is 1. The van der Waals surface area contributed by atoms with E-state index < -0.39 is 7.26 Å². The number of hydrogen-bond acceptors (Lipinski definition) is 2. The van der Waals surface area contributed by atoms with Crippen LogP contribution >= 0.6 is 7.26 Å². The van der Waals surface area contributed by atoms with E-state index in [1.165, 1.54) is 0 Å². The highest BCUT2D eigenvalue weighted by Gasteiger charge is 2.47. The van der Waals surface area contributed by atoms with E-state index in [0.717, 1.165) is 35.3 Å². The number of nitriles is 1. The average molecular weight is 347 g/mol. The van der Waals surface area contributed by atoms with Crippen molar-refractivity contribution in [3.63, 3.8) is 0 Å². The smallest absolute Gasteiger partial charge is 0.265 e. The molecule has 1 aromatic rings. The third-order valence-corrected chi connectivity index (χ3v) is 11.1. The molecular weight excluding hydrogens is 315 g/mol. The third kappa shape index (κ3) is 4.17. The molecule has 1 amide bonds. The zero-order valence-electron chi connectivity index (χ0n) is 16.2. The van der Waals surface area contributed by atoms with E-state index in [9.17, 15) is 4.79 Å². The van der Waals surface area contributed by atoms with Gasteiger partial charge in [-0.05, 0) is 63.8 Å². The maximum absolute atomic E-state index is 13.2. The predicted octanol–water partition coefficient (Wildman–Crippen LogP) is 5.22. The van der Waals surface area contributed by atoms with Gasteiger partial charge in [0.2, 0.25) is 0 Å². The van der Waals surface area contributed by atoms with Crippen molar-refractivity contribution >= 4 is 18.9 Å². The second-order valence-electron chi connectivity index (χ2n) is 6.94. The van der Waals surface area contributed by atoms with Gasteiger partial charge in [0.1, 0.15) is 5.66 Å². The molecule has 0 aliphatic carbocycles. The molecule has 0 fully saturated rings. The summed E-state index contributed by atoms with van der Waals surface area (Å²) in [5.74, 6) is 0.483. The van der Waals surface area contributed by atoms with Crippen molar-refractivity contribution in [2.45, 2.75) is 54.1 Å². The highest BCUT2D eigenvalue weighted by Crippen LogP contribution is 2.64. The largest absolute Gasteiger partial charge is 0.322 e. The molecule has 0 saturated heterocycles. The molecule has 0 aliphatic rings. The zero-order valence-corrected chi connectivity index (χ0v) is 17.1. The van der Waals surface area contributed by atoms with Crippen molar-refractivity contribution in [2.24, 2.45) is 5.92 Å². The quantitative estimate of drug-likeness (QED) is 0.688. The van der Waals surface area contributed by atoms with Crippen LogP contribution in [0.4, 0.5) is 5.69 Å². The zero-order chi connectivity index (χ0) is 18.5. The Bertz CT molecular complexity index is 596. The van der Waals surface area contributed by atoms with Crippen LogP contribution in [0, 0.1) is 31.1 Å². The van der Waals surface area contributed by atoms with Crippen LogP contribution in [0.15, 0.2) is 12.1 Å². The molecule has 1 rings (SSSR count). The Balaban J connectivity index is 3.23. The molecule has 0 radical (unpaired) electrons. The highest BCUT2D eigenvalue weighted by atomic mass is 31.2. The summed E-state index contributed by atoms with van der Waals surface area (Å²) in [6.45, 7) is 15.0. The van der Waals surface area contributed by atoms with Crippen LogP contribution < -0.4 is 5.32 Å². The maximum atomic E-state index is 13.2. The SMILES string of the molecule is CC[P+](CC)(CC)C(C(=O)Nc1c(C)cc(C#N)cc1C)C(C)C. The lowest BCUT2D eigenvalue weighted by Crippen LogP contribution is -2.37. The topological polar surface area (TPSA) is 52.9 Å². The van der Waals surface area contributed by atoms with Gasteiger partial charge in [-0.15, -0.1) is 0 Å². The summed E-state index contributed by atoms with van der Waals surface area (Å²) in [6, 6.07) is 5.86. The van der Waals surface area contributed by atoms with Crippen molar-refractivity contribution in [3.8, 4) is 6.07 Å². The number of anilines is 1. The first-order valence-corrected chi connectivity index (χ1v) is 11.4. The van der Waals surface area contributed by atoms with Crippen molar-refractivity contribution < 1.29 is 4.79 Å². The molecule has 3 nitrogen and oxygen atoms in total. The first-order chi connectivity index (χ1) is 11.3. The lowest BCUT2D eigenvalue weighted by molar-refractivity contribution is -0.116. The number of carbonyl (C=O) groups is 1. The van der Waals surface area contributed by atoms with Crippen LogP contribution in [0.1, 0.15) is 51.3 Å². The van der Waals surface area contributed by atoms with Crippen LogP contribution in [0.5, 0.6) is 0 Å². The summed E-state index contributed by atoms with van der Waals surface area (Å²) in [7, 11) is -1.31. The monoisotopic (exact) mass is 347 g/mol. The summed E-state index contributed by atoms with van der Waals surface area (Å²) < 4.78 is 0. The van der Waals surface area contributed by atoms with Crippen LogP contribution in [-0.2, 0) is 4.79 Å². The molecule has 0 heterocycles. The van der Waals surface area contributed by atoms with E-state index in [-0.39, 0.29) is 11.6 Å². The van der Waals surface area contributed by atoms with E-state index in [2.05, 4.69) is 46.0 Å². The van der Waals surface area contributed by atoms with Crippen LogP contribution in [-0.4, -0.2) is 30.1 Å². The summed E-state index contributed by atoms with van der Waals surface area (Å²) in [5, 5.41) is 12.3. The second-order valence-corrected chi connectivity index (χ2v) is 11.8. The normalized spacial score (nSPS) is 12.8. The Morgan fingerprint density at radius 2 is 1.58 bits per heavy atom. The number of benzene rings is 1. The first-order valence-electron chi connectivity index (χ1n) is 8.94. The van der Waals surface area contributed by atoms with Gasteiger partial charge in [-0.25, -0.2) is 0 Å². The number of aryl methyl sites for hydroxylation is 2. The Kier molecular flexibility index (Phi) is 7.43. The molecule has 1 aromatic carbocycles. The van der Waals surface area contributed by atoms with Gasteiger partial charge in [-0.2, -0.15) is 5.26 Å². The minimum atomic E-state index is -1.31. The molecule has 1 atom stereocenters. The summed E-state index contributed by atoms with van der Waals surface area (Å²) in [5.41, 5.74) is 3.51. The van der Waals surface area contributed by atoms with E-state index in [4.69, 9.17) is 5.26 Å². The van der Waals surface area contributed by atoms with Gasteiger partial charge >= 0.3 is 0 Å². The molecule has 1 unspecified atom stereocenters. The Labute approximate surface area is 148 Å².